The van der Waals surface area contributed by atoms with Crippen molar-refractivity contribution in [1.29, 1.82) is 0 Å². The molecule has 0 amide bonds. The molecule has 1 aromatic heterocycles. The molecule has 226 valence electrons. The molecule has 7 aliphatic rings. The molecule has 5 atom stereocenters. The zero-order valence-electron chi connectivity index (χ0n) is 26.5. The quantitative estimate of drug-likeness (QED) is 0.323. The van der Waals surface area contributed by atoms with Crippen molar-refractivity contribution < 1.29 is 0 Å². The standard InChI is InChI=1S/C43H44N2/c1-29-10-9-13-35(26-29)45-40-16-7-5-14-36(40)38-24-20-33(28-43(38)45)32-21-25-42-39(27-32)37-15-6-8-17-41(37)44(42)34-22-18-31(19-23-34)30-11-3-2-4-12-30/h2-4,6-7,9,11-13,15-16,18,21-23,25-26,28-29,31-32,39,42H,5,8,10,14,17,19-20,24,27H2,1H3. The predicted octanol–water partition coefficient (Wildman–Crippen LogP) is 10.3. The number of aromatic nitrogens is 1. The molecule has 2 aromatic rings. The molecule has 1 aliphatic heterocycles. The first-order valence-corrected chi connectivity index (χ1v) is 17.6. The van der Waals surface area contributed by atoms with E-state index in [1.165, 1.54) is 60.4 Å². The Labute approximate surface area is 268 Å². The second-order valence-electron chi connectivity index (χ2n) is 14.2. The van der Waals surface area contributed by atoms with E-state index in [4.69, 9.17) is 0 Å². The van der Waals surface area contributed by atoms with E-state index in [0.717, 1.165) is 25.7 Å². The average molecular weight is 589 g/mol. The van der Waals surface area contributed by atoms with Gasteiger partial charge in [0.1, 0.15) is 0 Å². The second kappa shape index (κ2) is 11.1. The summed E-state index contributed by atoms with van der Waals surface area (Å²) in [5.74, 6) is 2.13. The van der Waals surface area contributed by atoms with Crippen molar-refractivity contribution >= 4 is 17.8 Å². The summed E-state index contributed by atoms with van der Waals surface area (Å²) in [7, 11) is 0. The van der Waals surface area contributed by atoms with Crippen LogP contribution in [0.5, 0.6) is 0 Å². The predicted molar refractivity (Wildman–Crippen MR) is 188 cm³/mol. The third-order valence-electron chi connectivity index (χ3n) is 11.5. The molecule has 45 heavy (non-hydrogen) atoms. The van der Waals surface area contributed by atoms with Gasteiger partial charge in [0, 0.05) is 40.3 Å². The van der Waals surface area contributed by atoms with E-state index in [2.05, 4.69) is 126 Å². The molecule has 5 unspecified atom stereocenters. The minimum absolute atomic E-state index is 0.429. The number of rotatable bonds is 4. The smallest absolute Gasteiger partial charge is 0.0588 e. The topological polar surface area (TPSA) is 8.17 Å². The van der Waals surface area contributed by atoms with Gasteiger partial charge in [-0.05, 0) is 116 Å². The Hall–Kier alpha value is -4.04. The van der Waals surface area contributed by atoms with Gasteiger partial charge in [0.25, 0.3) is 0 Å². The van der Waals surface area contributed by atoms with E-state index < -0.39 is 0 Å². The normalized spacial score (nSPS) is 29.6. The number of hydrogen-bond donors (Lipinski definition) is 0. The highest BCUT2D eigenvalue weighted by atomic mass is 15.2. The van der Waals surface area contributed by atoms with E-state index in [1.807, 2.05) is 0 Å². The van der Waals surface area contributed by atoms with Gasteiger partial charge in [0.15, 0.2) is 0 Å². The van der Waals surface area contributed by atoms with Crippen LogP contribution in [0.1, 0.15) is 85.9 Å². The van der Waals surface area contributed by atoms with Crippen LogP contribution in [0.15, 0.2) is 120 Å². The Balaban J connectivity index is 1.04. The summed E-state index contributed by atoms with van der Waals surface area (Å²) in [6, 6.07) is 11.4. The molecule has 0 radical (unpaired) electrons. The highest BCUT2D eigenvalue weighted by Crippen LogP contribution is 2.50. The Kier molecular flexibility index (Phi) is 6.72. The summed E-state index contributed by atoms with van der Waals surface area (Å²) in [6.07, 6.45) is 42.5. The number of allylic oxidation sites excluding steroid dienone is 13. The van der Waals surface area contributed by atoms with E-state index in [9.17, 15) is 0 Å². The van der Waals surface area contributed by atoms with Crippen molar-refractivity contribution in [1.82, 2.24) is 9.47 Å². The molecule has 0 saturated heterocycles. The van der Waals surface area contributed by atoms with Gasteiger partial charge in [-0.25, -0.2) is 0 Å². The van der Waals surface area contributed by atoms with Crippen LogP contribution in [0.25, 0.3) is 17.8 Å². The fourth-order valence-electron chi connectivity index (χ4n) is 9.31. The Morgan fingerprint density at radius 3 is 2.44 bits per heavy atom. The van der Waals surface area contributed by atoms with Crippen molar-refractivity contribution in [2.45, 2.75) is 76.7 Å². The first kappa shape index (κ1) is 27.3. The lowest BCUT2D eigenvalue weighted by Gasteiger charge is -2.37. The highest BCUT2D eigenvalue weighted by Gasteiger charge is 2.43. The molecule has 2 heterocycles. The first-order valence-electron chi connectivity index (χ1n) is 17.6. The maximum atomic E-state index is 2.72. The van der Waals surface area contributed by atoms with Crippen LogP contribution >= 0.6 is 0 Å². The molecule has 6 aliphatic carbocycles. The van der Waals surface area contributed by atoms with Gasteiger partial charge in [0.05, 0.1) is 6.04 Å². The van der Waals surface area contributed by atoms with Gasteiger partial charge in [-0.1, -0.05) is 97.5 Å². The van der Waals surface area contributed by atoms with Crippen molar-refractivity contribution in [3.8, 4) is 0 Å². The lowest BCUT2D eigenvalue weighted by molar-refractivity contribution is 0.306. The molecule has 0 fully saturated rings. The molecular formula is C43H44N2. The van der Waals surface area contributed by atoms with Gasteiger partial charge >= 0.3 is 0 Å². The van der Waals surface area contributed by atoms with Crippen LogP contribution < -0.4 is 0 Å². The van der Waals surface area contributed by atoms with Gasteiger partial charge in [-0.2, -0.15) is 0 Å². The Morgan fingerprint density at radius 1 is 0.711 bits per heavy atom. The summed E-state index contributed by atoms with van der Waals surface area (Å²) >= 11 is 0. The average Bonchev–Trinajstić information content (AvgIpc) is 3.61. The Bertz CT molecular complexity index is 1810. The summed E-state index contributed by atoms with van der Waals surface area (Å²) < 4.78 is 2.60. The third-order valence-corrected chi connectivity index (χ3v) is 11.5. The fraction of sp³-hybridized carbons (Fsp3) is 0.349. The highest BCUT2D eigenvalue weighted by molar-refractivity contribution is 5.76. The van der Waals surface area contributed by atoms with Crippen LogP contribution in [0.2, 0.25) is 0 Å². The largest absolute Gasteiger partial charge is 0.338 e. The fourth-order valence-corrected chi connectivity index (χ4v) is 9.31. The molecule has 0 spiro atoms. The van der Waals surface area contributed by atoms with Crippen molar-refractivity contribution in [2.75, 3.05) is 0 Å². The monoisotopic (exact) mass is 588 g/mol. The number of benzene rings is 1. The zero-order valence-corrected chi connectivity index (χ0v) is 26.5. The second-order valence-corrected chi connectivity index (χ2v) is 14.2. The lowest BCUT2D eigenvalue weighted by atomic mass is 9.74. The number of hydrogen-bond acceptors (Lipinski definition) is 1. The molecule has 2 nitrogen and oxygen atoms in total. The number of fused-ring (bicyclic) bond motifs is 5. The van der Waals surface area contributed by atoms with Gasteiger partial charge < -0.3 is 9.47 Å². The van der Waals surface area contributed by atoms with Gasteiger partial charge in [-0.3, -0.25) is 0 Å². The molecule has 1 aromatic carbocycles. The molecule has 0 N–H and O–H groups in total. The van der Waals surface area contributed by atoms with Crippen molar-refractivity contribution in [2.24, 2.45) is 17.8 Å². The van der Waals surface area contributed by atoms with E-state index in [0.29, 0.717) is 29.7 Å². The zero-order chi connectivity index (χ0) is 29.9. The molecule has 2 heteroatoms. The summed E-state index contributed by atoms with van der Waals surface area (Å²) in [4.78, 5) is 2.72. The molecule has 0 saturated carbocycles. The molecule has 9 rings (SSSR count). The first-order chi connectivity index (χ1) is 22.2. The minimum atomic E-state index is 0.429. The molecular weight excluding hydrogens is 544 g/mol. The summed E-state index contributed by atoms with van der Waals surface area (Å²) in [6.45, 7) is 2.35. The van der Waals surface area contributed by atoms with Gasteiger partial charge in [0.2, 0.25) is 0 Å². The summed E-state index contributed by atoms with van der Waals surface area (Å²) in [5, 5.41) is 0. The SMILES string of the molecule is CC1C=C(n2c3c(c4c2C=C(C2C=CC5C(C2)C2=C(CCC=C2)N5C2=CCC(c5ccccc5)C=C2)CC4)CCC=C3)C=CC1. The summed E-state index contributed by atoms with van der Waals surface area (Å²) in [5.41, 5.74) is 15.1. The van der Waals surface area contributed by atoms with Crippen LogP contribution in [-0.4, -0.2) is 15.5 Å². The lowest BCUT2D eigenvalue weighted by Crippen LogP contribution is -2.35. The molecule has 0 bridgehead atoms. The van der Waals surface area contributed by atoms with E-state index in [-0.39, 0.29) is 0 Å². The maximum absolute atomic E-state index is 2.72. The third kappa shape index (κ3) is 4.59. The number of nitrogens with zero attached hydrogens (tertiary/aromatic N) is 2. The maximum Gasteiger partial charge on any atom is 0.0588 e. The van der Waals surface area contributed by atoms with Crippen molar-refractivity contribution in [3.05, 3.63) is 148 Å². The Morgan fingerprint density at radius 2 is 1.58 bits per heavy atom. The van der Waals surface area contributed by atoms with Crippen LogP contribution in [0.4, 0.5) is 0 Å². The van der Waals surface area contributed by atoms with Crippen LogP contribution in [-0.2, 0) is 12.8 Å². The minimum Gasteiger partial charge on any atom is -0.338 e. The van der Waals surface area contributed by atoms with E-state index >= 15 is 0 Å². The van der Waals surface area contributed by atoms with Gasteiger partial charge in [-0.15, -0.1) is 0 Å². The van der Waals surface area contributed by atoms with Crippen LogP contribution in [0, 0.1) is 17.8 Å². The van der Waals surface area contributed by atoms with Crippen LogP contribution in [0.3, 0.4) is 0 Å². The van der Waals surface area contributed by atoms with E-state index in [1.54, 1.807) is 28.0 Å². The van der Waals surface area contributed by atoms with Crippen molar-refractivity contribution in [3.63, 3.8) is 0 Å².